The summed E-state index contributed by atoms with van der Waals surface area (Å²) in [6.45, 7) is 4.53. The predicted octanol–water partition coefficient (Wildman–Crippen LogP) is 1.05. The lowest BCUT2D eigenvalue weighted by Gasteiger charge is -2.33. The van der Waals surface area contributed by atoms with Gasteiger partial charge >= 0.3 is 0 Å². The third-order valence-electron chi connectivity index (χ3n) is 3.24. The van der Waals surface area contributed by atoms with Gasteiger partial charge in [0, 0.05) is 12.1 Å². The lowest BCUT2D eigenvalue weighted by molar-refractivity contribution is 0.00359. The Hall–Kier alpha value is -1.39. The van der Waals surface area contributed by atoms with Crippen LogP contribution in [0.4, 0.5) is 0 Å². The molecule has 2 N–H and O–H groups in total. The molecule has 0 radical (unpaired) electrons. The van der Waals surface area contributed by atoms with Gasteiger partial charge in [0.25, 0.3) is 5.91 Å². The number of carbonyl (C=O) groups excluding carboxylic acids is 1. The molecule has 4 nitrogen and oxygen atoms in total. The largest absolute Gasteiger partial charge is 0.377 e. The quantitative estimate of drug-likeness (QED) is 0.870. The molecule has 2 rings (SSSR count). The highest BCUT2D eigenvalue weighted by Gasteiger charge is 2.24. The zero-order chi connectivity index (χ0) is 13.0. The number of nitrogens with two attached hydrogens (primary N) is 1. The molecule has 1 saturated heterocycles. The normalized spacial score (nSPS) is 19.9. The molecule has 1 fully saturated rings. The van der Waals surface area contributed by atoms with Gasteiger partial charge < -0.3 is 15.4 Å². The van der Waals surface area contributed by atoms with Crippen molar-refractivity contribution in [1.29, 1.82) is 0 Å². The van der Waals surface area contributed by atoms with Crippen molar-refractivity contribution in [3.05, 3.63) is 35.4 Å². The van der Waals surface area contributed by atoms with Crippen molar-refractivity contribution in [2.45, 2.75) is 19.4 Å². The highest BCUT2D eigenvalue weighted by atomic mass is 16.5. The Kier molecular flexibility index (Phi) is 4.33. The lowest BCUT2D eigenvalue weighted by atomic mass is 10.1. The molecule has 1 atom stereocenters. The Balaban J connectivity index is 2.14. The second-order valence-electron chi connectivity index (χ2n) is 4.66. The van der Waals surface area contributed by atoms with E-state index < -0.39 is 0 Å². The number of benzene rings is 1. The van der Waals surface area contributed by atoms with Crippen LogP contribution in [0.3, 0.4) is 0 Å². The molecule has 0 saturated carbocycles. The monoisotopic (exact) mass is 248 g/mol. The van der Waals surface area contributed by atoms with E-state index in [4.69, 9.17) is 10.5 Å². The van der Waals surface area contributed by atoms with Crippen LogP contribution in [0.15, 0.2) is 24.3 Å². The fourth-order valence-corrected chi connectivity index (χ4v) is 2.22. The van der Waals surface area contributed by atoms with E-state index in [0.29, 0.717) is 26.3 Å². The number of nitrogens with zero attached hydrogens (tertiary/aromatic N) is 1. The predicted molar refractivity (Wildman–Crippen MR) is 70.5 cm³/mol. The van der Waals surface area contributed by atoms with E-state index in [1.165, 1.54) is 0 Å². The van der Waals surface area contributed by atoms with E-state index in [9.17, 15) is 4.79 Å². The summed E-state index contributed by atoms with van der Waals surface area (Å²) in [5, 5.41) is 0. The zero-order valence-electron chi connectivity index (χ0n) is 10.8. The Bertz CT molecular complexity index is 420. The van der Waals surface area contributed by atoms with Crippen LogP contribution in [-0.2, 0) is 11.2 Å². The van der Waals surface area contributed by atoms with Crippen LogP contribution in [0.5, 0.6) is 0 Å². The van der Waals surface area contributed by atoms with E-state index in [-0.39, 0.29) is 11.9 Å². The zero-order valence-corrected chi connectivity index (χ0v) is 10.8. The van der Waals surface area contributed by atoms with Crippen molar-refractivity contribution in [3.8, 4) is 0 Å². The molecule has 4 heteroatoms. The minimum atomic E-state index is 0.0877. The maximum Gasteiger partial charge on any atom is 0.254 e. The third-order valence-corrected chi connectivity index (χ3v) is 3.24. The van der Waals surface area contributed by atoms with E-state index >= 15 is 0 Å². The summed E-state index contributed by atoms with van der Waals surface area (Å²) in [6.07, 6.45) is 0.805. The minimum absolute atomic E-state index is 0.0877. The van der Waals surface area contributed by atoms with Gasteiger partial charge in [-0.15, -0.1) is 0 Å². The van der Waals surface area contributed by atoms with Crippen LogP contribution in [-0.4, -0.2) is 43.2 Å². The Morgan fingerprint density at radius 2 is 2.39 bits per heavy atom. The van der Waals surface area contributed by atoms with Crippen LogP contribution in [0.2, 0.25) is 0 Å². The summed E-state index contributed by atoms with van der Waals surface area (Å²) >= 11 is 0. The number of hydrogen-bond donors (Lipinski definition) is 1. The first-order valence-corrected chi connectivity index (χ1v) is 6.40. The highest BCUT2D eigenvalue weighted by Crippen LogP contribution is 2.13. The van der Waals surface area contributed by atoms with E-state index in [0.717, 1.165) is 17.5 Å². The first-order valence-electron chi connectivity index (χ1n) is 6.40. The van der Waals surface area contributed by atoms with Gasteiger partial charge in [-0.05, 0) is 37.6 Å². The molecule has 0 unspecified atom stereocenters. The van der Waals surface area contributed by atoms with Crippen LogP contribution >= 0.6 is 0 Å². The molecular weight excluding hydrogens is 228 g/mol. The number of morpholine rings is 1. The molecule has 1 aliphatic heterocycles. The van der Waals surface area contributed by atoms with Crippen LogP contribution in [0, 0.1) is 0 Å². The average molecular weight is 248 g/mol. The van der Waals surface area contributed by atoms with Crippen molar-refractivity contribution in [2.75, 3.05) is 26.3 Å². The smallest absolute Gasteiger partial charge is 0.254 e. The van der Waals surface area contributed by atoms with Gasteiger partial charge in [-0.1, -0.05) is 12.1 Å². The van der Waals surface area contributed by atoms with Gasteiger partial charge in [-0.3, -0.25) is 4.79 Å². The minimum Gasteiger partial charge on any atom is -0.377 e. The van der Waals surface area contributed by atoms with Gasteiger partial charge in [0.1, 0.15) is 0 Å². The maximum atomic E-state index is 12.4. The molecule has 18 heavy (non-hydrogen) atoms. The summed E-state index contributed by atoms with van der Waals surface area (Å²) in [5.41, 5.74) is 7.40. The molecular formula is C14H20N2O2. The van der Waals surface area contributed by atoms with Crippen molar-refractivity contribution in [3.63, 3.8) is 0 Å². The highest BCUT2D eigenvalue weighted by molar-refractivity contribution is 5.94. The molecule has 0 aromatic heterocycles. The van der Waals surface area contributed by atoms with Crippen LogP contribution in [0.25, 0.3) is 0 Å². The second kappa shape index (κ2) is 5.98. The number of ether oxygens (including phenoxy) is 1. The Labute approximate surface area is 108 Å². The van der Waals surface area contributed by atoms with Gasteiger partial charge in [-0.2, -0.15) is 0 Å². The van der Waals surface area contributed by atoms with Gasteiger partial charge in [0.2, 0.25) is 0 Å². The number of rotatable bonds is 3. The van der Waals surface area contributed by atoms with Crippen molar-refractivity contribution in [2.24, 2.45) is 5.73 Å². The van der Waals surface area contributed by atoms with Crippen molar-refractivity contribution >= 4 is 5.91 Å². The molecule has 1 aliphatic rings. The topological polar surface area (TPSA) is 55.6 Å². The molecule has 98 valence electrons. The van der Waals surface area contributed by atoms with E-state index in [1.54, 1.807) is 0 Å². The van der Waals surface area contributed by atoms with Crippen molar-refractivity contribution in [1.82, 2.24) is 4.90 Å². The average Bonchev–Trinajstić information content (AvgIpc) is 2.39. The van der Waals surface area contributed by atoms with Crippen molar-refractivity contribution < 1.29 is 9.53 Å². The summed E-state index contributed by atoms with van der Waals surface area (Å²) in [5.74, 6) is 0.0877. The van der Waals surface area contributed by atoms with Gasteiger partial charge in [0.05, 0.1) is 19.3 Å². The van der Waals surface area contributed by atoms with E-state index in [1.807, 2.05) is 36.1 Å². The fourth-order valence-electron chi connectivity index (χ4n) is 2.22. The summed E-state index contributed by atoms with van der Waals surface area (Å²) in [7, 11) is 0. The standard InChI is InChI=1S/C14H20N2O2/c1-11-10-18-8-7-16(11)14(17)13-4-2-3-12(9-13)5-6-15/h2-4,9,11H,5-8,10,15H2,1H3/t11-/m1/s1. The van der Waals surface area contributed by atoms with E-state index in [2.05, 4.69) is 0 Å². The number of amides is 1. The molecule has 0 spiro atoms. The Morgan fingerprint density at radius 1 is 1.56 bits per heavy atom. The summed E-state index contributed by atoms with van der Waals surface area (Å²) in [6, 6.07) is 7.88. The molecule has 0 bridgehead atoms. The fraction of sp³-hybridized carbons (Fsp3) is 0.500. The molecule has 0 aliphatic carbocycles. The number of carbonyl (C=O) groups is 1. The number of hydrogen-bond acceptors (Lipinski definition) is 3. The molecule has 1 heterocycles. The van der Waals surface area contributed by atoms with Crippen LogP contribution in [0.1, 0.15) is 22.8 Å². The van der Waals surface area contributed by atoms with Gasteiger partial charge in [0.15, 0.2) is 0 Å². The first kappa shape index (κ1) is 13.1. The Morgan fingerprint density at radius 3 is 3.11 bits per heavy atom. The molecule has 1 aromatic carbocycles. The molecule has 1 aromatic rings. The van der Waals surface area contributed by atoms with Crippen LogP contribution < -0.4 is 5.73 Å². The lowest BCUT2D eigenvalue weighted by Crippen LogP contribution is -2.47. The summed E-state index contributed by atoms with van der Waals surface area (Å²) in [4.78, 5) is 14.3. The second-order valence-corrected chi connectivity index (χ2v) is 4.66. The molecule has 1 amide bonds. The van der Waals surface area contributed by atoms with Gasteiger partial charge in [-0.25, -0.2) is 0 Å². The third kappa shape index (κ3) is 2.89. The SMILES string of the molecule is C[C@@H]1COCCN1C(=O)c1cccc(CCN)c1. The summed E-state index contributed by atoms with van der Waals surface area (Å²) < 4.78 is 5.35. The first-order chi connectivity index (χ1) is 8.72. The maximum absolute atomic E-state index is 12.4.